The first-order valence-electron chi connectivity index (χ1n) is 21.9. The molecule has 0 fully saturated rings. The number of phosphoric ester groups is 1. The summed E-state index contributed by atoms with van der Waals surface area (Å²) in [6.45, 7) is 3.95. The summed E-state index contributed by atoms with van der Waals surface area (Å²) in [5.41, 5.74) is 0. The maximum atomic E-state index is 12.6. The Balaban J connectivity index is 4.48. The van der Waals surface area contributed by atoms with Crippen LogP contribution in [-0.2, 0) is 32.7 Å². The van der Waals surface area contributed by atoms with Gasteiger partial charge in [0.1, 0.15) is 19.8 Å². The summed E-state index contributed by atoms with van der Waals surface area (Å²) in [5, 5.41) is 9.73. The fraction of sp³-hybridized carbons (Fsp3) is 0.778. The van der Waals surface area contributed by atoms with E-state index in [1.54, 1.807) is 0 Å². The lowest BCUT2D eigenvalue weighted by molar-refractivity contribution is -0.870. The number of aliphatic hydroxyl groups excluding tert-OH is 1. The van der Waals surface area contributed by atoms with E-state index in [4.69, 9.17) is 18.5 Å². The number of hydrogen-bond donors (Lipinski definition) is 1. The highest BCUT2D eigenvalue weighted by Gasteiger charge is 2.21. The Bertz CT molecular complexity index is 1120. The van der Waals surface area contributed by atoms with E-state index in [-0.39, 0.29) is 32.2 Å². The summed E-state index contributed by atoms with van der Waals surface area (Å²) in [5.74, 6) is -0.920. The summed E-state index contributed by atoms with van der Waals surface area (Å²) in [7, 11) is 1.11. The molecule has 0 radical (unpaired) electrons. The molecular formula is C45H82NO9P. The minimum Gasteiger partial charge on any atom is -0.756 e. The van der Waals surface area contributed by atoms with Crippen molar-refractivity contribution in [3.05, 3.63) is 48.6 Å². The minimum atomic E-state index is -4.65. The van der Waals surface area contributed by atoms with Gasteiger partial charge >= 0.3 is 11.9 Å². The number of allylic oxidation sites excluding steroid dienone is 7. The third-order valence-corrected chi connectivity index (χ3v) is 10.1. The second-order valence-corrected chi connectivity index (χ2v) is 17.3. The Hall–Kier alpha value is -2.07. The van der Waals surface area contributed by atoms with Crippen molar-refractivity contribution in [1.29, 1.82) is 0 Å². The Labute approximate surface area is 342 Å². The predicted octanol–water partition coefficient (Wildman–Crippen LogP) is 10.6. The number of quaternary nitrogens is 1. The monoisotopic (exact) mass is 812 g/mol. The molecule has 0 aliphatic heterocycles. The summed E-state index contributed by atoms with van der Waals surface area (Å²) >= 11 is 0. The highest BCUT2D eigenvalue weighted by molar-refractivity contribution is 7.45. The van der Waals surface area contributed by atoms with Crippen molar-refractivity contribution in [3.63, 3.8) is 0 Å². The Kier molecular flexibility index (Phi) is 35.8. The topological polar surface area (TPSA) is 131 Å². The van der Waals surface area contributed by atoms with Gasteiger partial charge in [0.15, 0.2) is 6.10 Å². The zero-order valence-electron chi connectivity index (χ0n) is 36.2. The van der Waals surface area contributed by atoms with Crippen LogP contribution in [0.5, 0.6) is 0 Å². The maximum Gasteiger partial charge on any atom is 0.306 e. The summed E-state index contributed by atoms with van der Waals surface area (Å²) < 4.78 is 33.8. The van der Waals surface area contributed by atoms with Crippen LogP contribution in [0.25, 0.3) is 0 Å². The molecule has 0 spiro atoms. The average Bonchev–Trinajstić information content (AvgIpc) is 3.14. The Morgan fingerprint density at radius 2 is 1.14 bits per heavy atom. The third-order valence-electron chi connectivity index (χ3n) is 9.16. The molecule has 56 heavy (non-hydrogen) atoms. The minimum absolute atomic E-state index is 0.0482. The first-order chi connectivity index (χ1) is 26.9. The first-order valence-corrected chi connectivity index (χ1v) is 23.4. The lowest BCUT2D eigenvalue weighted by Gasteiger charge is -2.28. The summed E-state index contributed by atoms with van der Waals surface area (Å²) in [4.78, 5) is 37.5. The molecular weight excluding hydrogens is 729 g/mol. The molecule has 3 atom stereocenters. The predicted molar refractivity (Wildman–Crippen MR) is 228 cm³/mol. The van der Waals surface area contributed by atoms with Crippen molar-refractivity contribution in [1.82, 2.24) is 0 Å². The van der Waals surface area contributed by atoms with Gasteiger partial charge < -0.3 is 33.0 Å². The van der Waals surface area contributed by atoms with Crippen molar-refractivity contribution in [2.45, 2.75) is 180 Å². The molecule has 2 unspecified atom stereocenters. The van der Waals surface area contributed by atoms with E-state index in [9.17, 15) is 24.2 Å². The number of nitrogens with zero attached hydrogens (tertiary/aromatic N) is 1. The van der Waals surface area contributed by atoms with Gasteiger partial charge in [-0.05, 0) is 51.4 Å². The molecule has 0 bridgehead atoms. The fourth-order valence-corrected chi connectivity index (χ4v) is 6.45. The van der Waals surface area contributed by atoms with E-state index in [0.717, 1.165) is 51.4 Å². The number of rotatable bonds is 39. The van der Waals surface area contributed by atoms with Crippen molar-refractivity contribution < 1.29 is 47.2 Å². The molecule has 0 saturated heterocycles. The number of aliphatic hydroxyl groups is 1. The van der Waals surface area contributed by atoms with Gasteiger partial charge in [-0.1, -0.05) is 152 Å². The molecule has 0 aliphatic rings. The molecule has 0 saturated carbocycles. The number of likely N-dealkylation sites (N-methyl/N-ethyl adjacent to an activating group) is 1. The van der Waals surface area contributed by atoms with Gasteiger partial charge in [-0.3, -0.25) is 14.2 Å². The lowest BCUT2D eigenvalue weighted by atomic mass is 10.0. The number of carbonyl (C=O) groups excluding carboxylic acids is 2. The molecule has 0 aromatic heterocycles. The second kappa shape index (κ2) is 37.2. The maximum absolute atomic E-state index is 12.6. The largest absolute Gasteiger partial charge is 0.756 e. The van der Waals surface area contributed by atoms with Gasteiger partial charge in [0, 0.05) is 12.8 Å². The van der Waals surface area contributed by atoms with Crippen LogP contribution in [0, 0.1) is 0 Å². The standard InChI is InChI=1S/C45H82NO9P/c1-6-8-9-10-11-12-13-14-17-20-23-26-29-32-36-44(48)52-40-43(41-54-56(50,51)53-39-38-46(3,4)5)55-45(49)37-33-30-27-24-21-18-15-16-19-22-25-28-31-35-42(47)34-7-2/h15,18-19,22,24,27-28,31,42-43,47H,6-14,16-17,20-21,23,25-26,29-30,32-41H2,1-5H3/b18-15-,22-19-,27-24-,31-28-/t42?,43-/m1/s1. The molecule has 0 rings (SSSR count). The highest BCUT2D eigenvalue weighted by Crippen LogP contribution is 2.38. The van der Waals surface area contributed by atoms with E-state index in [1.165, 1.54) is 70.6 Å². The average molecular weight is 812 g/mol. The van der Waals surface area contributed by atoms with Gasteiger partial charge in [-0.15, -0.1) is 0 Å². The van der Waals surface area contributed by atoms with Crippen LogP contribution in [-0.4, -0.2) is 81.2 Å². The van der Waals surface area contributed by atoms with Crippen molar-refractivity contribution >= 4 is 19.8 Å². The Morgan fingerprint density at radius 1 is 0.643 bits per heavy atom. The van der Waals surface area contributed by atoms with E-state index < -0.39 is 32.5 Å². The molecule has 0 aromatic rings. The zero-order chi connectivity index (χ0) is 41.6. The first kappa shape index (κ1) is 53.9. The van der Waals surface area contributed by atoms with Gasteiger partial charge in [0.05, 0.1) is 33.9 Å². The van der Waals surface area contributed by atoms with Crippen LogP contribution in [0.1, 0.15) is 168 Å². The van der Waals surface area contributed by atoms with Crippen molar-refractivity contribution in [2.24, 2.45) is 0 Å². The fourth-order valence-electron chi connectivity index (χ4n) is 5.72. The number of hydrogen-bond acceptors (Lipinski definition) is 9. The van der Waals surface area contributed by atoms with Crippen LogP contribution in [0.15, 0.2) is 48.6 Å². The van der Waals surface area contributed by atoms with Crippen LogP contribution in [0.3, 0.4) is 0 Å². The van der Waals surface area contributed by atoms with Crippen LogP contribution < -0.4 is 4.89 Å². The highest BCUT2D eigenvalue weighted by atomic mass is 31.2. The quantitative estimate of drug-likeness (QED) is 0.0212. The summed E-state index contributed by atoms with van der Waals surface area (Å²) in [6.07, 6.45) is 39.2. The van der Waals surface area contributed by atoms with Crippen molar-refractivity contribution in [2.75, 3.05) is 47.5 Å². The molecule has 0 amide bonds. The third kappa shape index (κ3) is 40.1. The number of unbranched alkanes of at least 4 members (excludes halogenated alkanes) is 14. The molecule has 0 aliphatic carbocycles. The van der Waals surface area contributed by atoms with Crippen LogP contribution >= 0.6 is 7.82 Å². The lowest BCUT2D eigenvalue weighted by Crippen LogP contribution is -2.37. The van der Waals surface area contributed by atoms with Gasteiger partial charge in [0.25, 0.3) is 7.82 Å². The molecule has 326 valence electrons. The molecule has 11 heteroatoms. The second-order valence-electron chi connectivity index (χ2n) is 15.9. The normalized spacial score (nSPS) is 14.6. The van der Waals surface area contributed by atoms with Crippen LogP contribution in [0.2, 0.25) is 0 Å². The number of carbonyl (C=O) groups is 2. The number of ether oxygens (including phenoxy) is 2. The van der Waals surface area contributed by atoms with E-state index >= 15 is 0 Å². The zero-order valence-corrected chi connectivity index (χ0v) is 37.1. The smallest absolute Gasteiger partial charge is 0.306 e. The van der Waals surface area contributed by atoms with Gasteiger partial charge in [-0.25, -0.2) is 0 Å². The van der Waals surface area contributed by atoms with E-state index in [0.29, 0.717) is 30.3 Å². The number of esters is 2. The molecule has 10 nitrogen and oxygen atoms in total. The molecule has 1 N–H and O–H groups in total. The van der Waals surface area contributed by atoms with E-state index in [2.05, 4.69) is 44.2 Å². The molecule has 0 aromatic carbocycles. The molecule has 0 heterocycles. The van der Waals surface area contributed by atoms with Gasteiger partial charge in [0.2, 0.25) is 0 Å². The van der Waals surface area contributed by atoms with E-state index in [1.807, 2.05) is 39.4 Å². The Morgan fingerprint density at radius 3 is 1.68 bits per heavy atom. The summed E-state index contributed by atoms with van der Waals surface area (Å²) in [6, 6.07) is 0. The van der Waals surface area contributed by atoms with Gasteiger partial charge in [-0.2, -0.15) is 0 Å². The number of phosphoric acid groups is 1. The SMILES string of the molecule is CCCCCCCCCCCCCCCCC(=O)OC[C@H](COP(=O)([O-])OCC[N+](C)(C)C)OC(=O)CCC/C=C\C/C=C\C/C=C\C/C=C\CC(O)CCC. The van der Waals surface area contributed by atoms with Crippen LogP contribution in [0.4, 0.5) is 0 Å². The van der Waals surface area contributed by atoms with Crippen molar-refractivity contribution in [3.8, 4) is 0 Å².